The summed E-state index contributed by atoms with van der Waals surface area (Å²) in [4.78, 5) is 18.0. The van der Waals surface area contributed by atoms with Crippen LogP contribution in [0.2, 0.25) is 0 Å². The molecule has 1 saturated carbocycles. The van der Waals surface area contributed by atoms with Gasteiger partial charge in [-0.1, -0.05) is 61.7 Å². The van der Waals surface area contributed by atoms with Crippen LogP contribution in [-0.2, 0) is 28.0 Å². The maximum Gasteiger partial charge on any atom is 0.249 e. The van der Waals surface area contributed by atoms with Gasteiger partial charge in [0.05, 0.1) is 12.2 Å². The predicted octanol–water partition coefficient (Wildman–Crippen LogP) is 7.40. The molecule has 1 aliphatic heterocycles. The SMILES string of the molecule is O=C(C1CCN1S(=O)(=O)c1c(F)c(F)c(F)c(F)c1F)N(Cc1ccc(C2CCCCC2)cn1)c1cccc(OCc2ccccc2)c1. The lowest BCUT2D eigenvalue weighted by atomic mass is 9.85. The summed E-state index contributed by atoms with van der Waals surface area (Å²) in [5, 5.41) is 0. The van der Waals surface area contributed by atoms with E-state index in [9.17, 15) is 35.2 Å². The topological polar surface area (TPSA) is 79.8 Å². The third-order valence-electron chi connectivity index (χ3n) is 8.88. The standard InChI is InChI=1S/C35H32F5N3O4S/c36-29-30(37)32(39)34(33(40)31(29)38)48(45,46)43-17-16-28(43)35(44)42(20-25-15-14-24(19-41-25)23-10-5-2-6-11-23)26-12-7-13-27(18-26)47-21-22-8-3-1-4-9-22/h1,3-4,7-9,12-15,18-19,23,28H,2,5-6,10-11,16-17,20-21H2. The Hall–Kier alpha value is -4.36. The Morgan fingerprint density at radius 3 is 2.15 bits per heavy atom. The summed E-state index contributed by atoms with van der Waals surface area (Å²) < 4.78 is 104. The lowest BCUT2D eigenvalue weighted by molar-refractivity contribution is -0.125. The molecular formula is C35H32F5N3O4S. The molecule has 1 aromatic heterocycles. The Bertz CT molecular complexity index is 1880. The molecule has 0 N–H and O–H groups in total. The van der Waals surface area contributed by atoms with Crippen LogP contribution >= 0.6 is 0 Å². The molecule has 1 atom stereocenters. The largest absolute Gasteiger partial charge is 0.489 e. The molecule has 2 aliphatic rings. The lowest BCUT2D eigenvalue weighted by Gasteiger charge is -2.41. The fourth-order valence-electron chi connectivity index (χ4n) is 6.15. The number of aromatic nitrogens is 1. The van der Waals surface area contributed by atoms with Gasteiger partial charge in [-0.15, -0.1) is 0 Å². The summed E-state index contributed by atoms with van der Waals surface area (Å²) >= 11 is 0. The highest BCUT2D eigenvalue weighted by Gasteiger charge is 2.48. The van der Waals surface area contributed by atoms with Gasteiger partial charge >= 0.3 is 0 Å². The first-order valence-corrected chi connectivity index (χ1v) is 17.1. The second kappa shape index (κ2) is 14.0. The van der Waals surface area contributed by atoms with Crippen LogP contribution in [0.3, 0.4) is 0 Å². The summed E-state index contributed by atoms with van der Waals surface area (Å²) in [7, 11) is -5.32. The number of hydrogen-bond donors (Lipinski definition) is 0. The first-order chi connectivity index (χ1) is 23.1. The molecule has 3 aromatic carbocycles. The number of sulfonamides is 1. The van der Waals surface area contributed by atoms with E-state index in [4.69, 9.17) is 4.74 Å². The van der Waals surface area contributed by atoms with Crippen molar-refractivity contribution < 1.29 is 39.9 Å². The molecule has 6 rings (SSSR count). The highest BCUT2D eigenvalue weighted by molar-refractivity contribution is 7.89. The average Bonchev–Trinajstić information content (AvgIpc) is 3.08. The molecule has 1 aliphatic carbocycles. The van der Waals surface area contributed by atoms with Crippen molar-refractivity contribution in [1.82, 2.24) is 9.29 Å². The van der Waals surface area contributed by atoms with Crippen LogP contribution in [0.1, 0.15) is 61.3 Å². The minimum absolute atomic E-state index is 0.0534. The van der Waals surface area contributed by atoms with Crippen LogP contribution in [0.5, 0.6) is 5.75 Å². The molecule has 1 saturated heterocycles. The molecule has 4 aromatic rings. The minimum atomic E-state index is -5.32. The first-order valence-electron chi connectivity index (χ1n) is 15.6. The van der Waals surface area contributed by atoms with Crippen molar-refractivity contribution in [2.75, 3.05) is 11.4 Å². The quantitative estimate of drug-likeness (QED) is 0.0988. The second-order valence-electron chi connectivity index (χ2n) is 11.9. The van der Waals surface area contributed by atoms with Gasteiger partial charge in [0.15, 0.2) is 28.2 Å². The maximum atomic E-state index is 14.6. The molecule has 0 radical (unpaired) electrons. The van der Waals surface area contributed by atoms with Gasteiger partial charge in [-0.3, -0.25) is 9.78 Å². The zero-order valence-corrected chi connectivity index (χ0v) is 26.5. The second-order valence-corrected chi connectivity index (χ2v) is 13.8. The van der Waals surface area contributed by atoms with Crippen LogP contribution in [0.15, 0.2) is 77.8 Å². The number of ether oxygens (including phenoxy) is 1. The number of carbonyl (C=O) groups is 1. The smallest absolute Gasteiger partial charge is 0.249 e. The van der Waals surface area contributed by atoms with Crippen molar-refractivity contribution in [2.45, 2.75) is 68.5 Å². The fraction of sp³-hybridized carbons (Fsp3) is 0.314. The Morgan fingerprint density at radius 2 is 1.52 bits per heavy atom. The zero-order valence-electron chi connectivity index (χ0n) is 25.7. The monoisotopic (exact) mass is 685 g/mol. The Morgan fingerprint density at radius 1 is 0.833 bits per heavy atom. The van der Waals surface area contributed by atoms with Gasteiger partial charge < -0.3 is 9.64 Å². The average molecular weight is 686 g/mol. The van der Waals surface area contributed by atoms with Crippen LogP contribution in [0.4, 0.5) is 27.6 Å². The van der Waals surface area contributed by atoms with Crippen molar-refractivity contribution >= 4 is 21.6 Å². The van der Waals surface area contributed by atoms with Gasteiger partial charge in [-0.2, -0.15) is 4.31 Å². The van der Waals surface area contributed by atoms with E-state index >= 15 is 0 Å². The van der Waals surface area contributed by atoms with E-state index in [-0.39, 0.29) is 26.1 Å². The zero-order chi connectivity index (χ0) is 34.0. The number of amides is 1. The molecule has 13 heteroatoms. The highest BCUT2D eigenvalue weighted by atomic mass is 32.2. The molecule has 0 bridgehead atoms. The van der Waals surface area contributed by atoms with E-state index in [2.05, 4.69) is 4.98 Å². The summed E-state index contributed by atoms with van der Waals surface area (Å²) in [5.41, 5.74) is 2.81. The lowest BCUT2D eigenvalue weighted by Crippen LogP contribution is -2.59. The number of benzene rings is 3. The molecule has 2 heterocycles. The number of hydrogen-bond acceptors (Lipinski definition) is 5. The highest BCUT2D eigenvalue weighted by Crippen LogP contribution is 2.36. The molecule has 1 amide bonds. The van der Waals surface area contributed by atoms with Gasteiger partial charge in [0.2, 0.25) is 21.7 Å². The molecule has 1 unspecified atom stereocenters. The van der Waals surface area contributed by atoms with Crippen LogP contribution in [0.25, 0.3) is 0 Å². The van der Waals surface area contributed by atoms with E-state index in [1.165, 1.54) is 11.3 Å². The number of rotatable bonds is 10. The van der Waals surface area contributed by atoms with Crippen molar-refractivity contribution in [2.24, 2.45) is 0 Å². The first kappa shape index (κ1) is 33.5. The molecule has 7 nitrogen and oxygen atoms in total. The Balaban J connectivity index is 1.30. The van der Waals surface area contributed by atoms with Gasteiger partial charge in [0.1, 0.15) is 18.4 Å². The summed E-state index contributed by atoms with van der Waals surface area (Å²) in [6, 6.07) is 18.2. The third kappa shape index (κ3) is 6.66. The summed E-state index contributed by atoms with van der Waals surface area (Å²) in [5.74, 6) is -12.2. The van der Waals surface area contributed by atoms with E-state index in [1.807, 2.05) is 36.4 Å². The van der Waals surface area contributed by atoms with Gasteiger partial charge in [0.25, 0.3) is 0 Å². The molecule has 48 heavy (non-hydrogen) atoms. The molecular weight excluding hydrogens is 653 g/mol. The maximum absolute atomic E-state index is 14.6. The van der Waals surface area contributed by atoms with E-state index in [0.717, 1.165) is 36.8 Å². The number of halogens is 5. The molecule has 252 valence electrons. The number of anilines is 1. The van der Waals surface area contributed by atoms with Crippen LogP contribution in [-0.4, -0.2) is 36.2 Å². The third-order valence-corrected chi connectivity index (χ3v) is 10.8. The van der Waals surface area contributed by atoms with E-state index in [1.54, 1.807) is 36.5 Å². The molecule has 0 spiro atoms. The summed E-state index contributed by atoms with van der Waals surface area (Å²) in [6.45, 7) is -0.238. The van der Waals surface area contributed by atoms with Crippen LogP contribution in [0, 0.1) is 29.1 Å². The predicted molar refractivity (Wildman–Crippen MR) is 167 cm³/mol. The Kier molecular flexibility index (Phi) is 9.79. The number of nitrogens with zero attached hydrogens (tertiary/aromatic N) is 3. The molecule has 2 fully saturated rings. The Labute approximate surface area is 275 Å². The van der Waals surface area contributed by atoms with E-state index < -0.39 is 56.0 Å². The fourth-order valence-corrected chi connectivity index (χ4v) is 7.90. The number of carbonyl (C=O) groups excluding carboxylic acids is 1. The minimum Gasteiger partial charge on any atom is -0.489 e. The normalized spacial score (nSPS) is 17.1. The van der Waals surface area contributed by atoms with E-state index in [0.29, 0.717) is 27.4 Å². The van der Waals surface area contributed by atoms with Gasteiger partial charge in [-0.25, -0.2) is 30.4 Å². The van der Waals surface area contributed by atoms with Crippen molar-refractivity contribution in [1.29, 1.82) is 0 Å². The van der Waals surface area contributed by atoms with Crippen molar-refractivity contribution in [3.8, 4) is 5.75 Å². The van der Waals surface area contributed by atoms with Crippen LogP contribution < -0.4 is 9.64 Å². The number of pyridine rings is 1. The van der Waals surface area contributed by atoms with Gasteiger partial charge in [-0.05, 0) is 54.5 Å². The summed E-state index contributed by atoms with van der Waals surface area (Å²) in [6.07, 6.45) is 7.34. The van der Waals surface area contributed by atoms with Gasteiger partial charge in [0, 0.05) is 24.5 Å². The van der Waals surface area contributed by atoms with Crippen molar-refractivity contribution in [3.63, 3.8) is 0 Å². The van der Waals surface area contributed by atoms with Crippen molar-refractivity contribution in [3.05, 3.63) is 119 Å².